The normalized spacial score (nSPS) is 15.8. The predicted molar refractivity (Wildman–Crippen MR) is 109 cm³/mol. The van der Waals surface area contributed by atoms with Crippen LogP contribution < -0.4 is 5.32 Å². The van der Waals surface area contributed by atoms with Crippen molar-refractivity contribution in [3.63, 3.8) is 0 Å². The van der Waals surface area contributed by atoms with Crippen LogP contribution in [-0.4, -0.2) is 42.5 Å². The molecule has 0 saturated carbocycles. The number of aromatic nitrogens is 1. The molecule has 1 N–H and O–H groups in total. The molecule has 3 rings (SSSR count). The van der Waals surface area contributed by atoms with Gasteiger partial charge < -0.3 is 10.2 Å². The molecule has 1 aliphatic heterocycles. The predicted octanol–water partition coefficient (Wildman–Crippen LogP) is 4.28. The number of nitrogens with zero attached hydrogens (tertiary/aromatic N) is 2. The van der Waals surface area contributed by atoms with Crippen LogP contribution in [0.25, 0.3) is 11.3 Å². The fourth-order valence-electron chi connectivity index (χ4n) is 3.45. The first-order valence-electron chi connectivity index (χ1n) is 9.23. The topological polar surface area (TPSA) is 45.2 Å². The highest BCUT2D eigenvalue weighted by Gasteiger charge is 2.17. The van der Waals surface area contributed by atoms with Crippen molar-refractivity contribution in [3.05, 3.63) is 52.1 Å². The van der Waals surface area contributed by atoms with E-state index in [0.29, 0.717) is 5.56 Å². The van der Waals surface area contributed by atoms with Crippen LogP contribution in [-0.2, 0) is 0 Å². The molecule has 1 aliphatic rings. The molecule has 1 amide bonds. The molecule has 0 unspecified atom stereocenters. The Morgan fingerprint density at radius 2 is 2.04 bits per heavy atom. The number of halogens is 1. The molecule has 1 aromatic carbocycles. The van der Waals surface area contributed by atoms with Crippen molar-refractivity contribution in [2.45, 2.75) is 26.2 Å². The van der Waals surface area contributed by atoms with Gasteiger partial charge in [0.1, 0.15) is 0 Å². The Labute approximate surface area is 164 Å². The highest BCUT2D eigenvalue weighted by atomic mass is 79.9. The summed E-state index contributed by atoms with van der Waals surface area (Å²) in [6, 6.07) is 11.8. The maximum Gasteiger partial charge on any atom is 0.253 e. The van der Waals surface area contributed by atoms with E-state index in [1.54, 1.807) is 0 Å². The SMILES string of the molecule is Cc1nc(-c2cccc(Br)c2)ccc1C(=O)NCCC1CCN(C)CC1. The lowest BCUT2D eigenvalue weighted by Gasteiger charge is -2.28. The molecule has 0 radical (unpaired) electrons. The minimum Gasteiger partial charge on any atom is -0.352 e. The van der Waals surface area contributed by atoms with E-state index < -0.39 is 0 Å². The third-order valence-corrected chi connectivity index (χ3v) is 5.62. The van der Waals surface area contributed by atoms with Crippen molar-refractivity contribution in [2.24, 2.45) is 5.92 Å². The van der Waals surface area contributed by atoms with Gasteiger partial charge in [-0.15, -0.1) is 0 Å². The zero-order valence-electron chi connectivity index (χ0n) is 15.5. The average Bonchev–Trinajstić information content (AvgIpc) is 2.63. The van der Waals surface area contributed by atoms with Gasteiger partial charge in [0, 0.05) is 16.6 Å². The van der Waals surface area contributed by atoms with E-state index in [-0.39, 0.29) is 5.91 Å². The maximum absolute atomic E-state index is 12.5. The minimum absolute atomic E-state index is 0.0243. The Hall–Kier alpha value is -1.72. The summed E-state index contributed by atoms with van der Waals surface area (Å²) in [4.78, 5) is 19.5. The number of rotatable bonds is 5. The molecule has 1 saturated heterocycles. The fourth-order valence-corrected chi connectivity index (χ4v) is 3.84. The number of likely N-dealkylation sites (tertiary alicyclic amines) is 1. The van der Waals surface area contributed by atoms with E-state index in [4.69, 9.17) is 0 Å². The summed E-state index contributed by atoms with van der Waals surface area (Å²) in [7, 11) is 2.17. The summed E-state index contributed by atoms with van der Waals surface area (Å²) in [6.45, 7) is 4.96. The average molecular weight is 416 g/mol. The quantitative estimate of drug-likeness (QED) is 0.792. The number of carbonyl (C=O) groups is 1. The third-order valence-electron chi connectivity index (χ3n) is 5.13. The van der Waals surface area contributed by atoms with Crippen LogP contribution in [0, 0.1) is 12.8 Å². The molecular weight excluding hydrogens is 390 g/mol. The van der Waals surface area contributed by atoms with E-state index in [1.807, 2.05) is 43.3 Å². The molecule has 0 bridgehead atoms. The van der Waals surface area contributed by atoms with Crippen LogP contribution in [0.4, 0.5) is 0 Å². The van der Waals surface area contributed by atoms with Crippen LogP contribution in [0.5, 0.6) is 0 Å². The minimum atomic E-state index is -0.0243. The second kappa shape index (κ2) is 8.78. The number of pyridine rings is 1. The second-order valence-corrected chi connectivity index (χ2v) is 8.05. The molecule has 0 aliphatic carbocycles. The van der Waals surface area contributed by atoms with Gasteiger partial charge in [-0.05, 0) is 76.5 Å². The summed E-state index contributed by atoms with van der Waals surface area (Å²) >= 11 is 3.49. The summed E-state index contributed by atoms with van der Waals surface area (Å²) in [5.41, 5.74) is 3.34. The largest absolute Gasteiger partial charge is 0.352 e. The number of aryl methyl sites for hydroxylation is 1. The molecule has 4 nitrogen and oxygen atoms in total. The molecule has 1 aromatic heterocycles. The molecule has 1 fully saturated rings. The molecule has 138 valence electrons. The van der Waals surface area contributed by atoms with E-state index in [2.05, 4.69) is 38.2 Å². The monoisotopic (exact) mass is 415 g/mol. The molecule has 0 spiro atoms. The number of amides is 1. The van der Waals surface area contributed by atoms with Crippen LogP contribution in [0.1, 0.15) is 35.3 Å². The third kappa shape index (κ3) is 4.92. The Kier molecular flexibility index (Phi) is 6.43. The van der Waals surface area contributed by atoms with Crippen LogP contribution >= 0.6 is 15.9 Å². The van der Waals surface area contributed by atoms with Crippen molar-refractivity contribution in [2.75, 3.05) is 26.7 Å². The van der Waals surface area contributed by atoms with Crippen molar-refractivity contribution < 1.29 is 4.79 Å². The molecule has 2 aromatic rings. The number of benzene rings is 1. The molecule has 2 heterocycles. The standard InChI is InChI=1S/C21H26BrN3O/c1-15-19(6-7-20(24-15)17-4-3-5-18(22)14-17)21(26)23-11-8-16-9-12-25(2)13-10-16/h3-7,14,16H,8-13H2,1-2H3,(H,23,26). The van der Waals surface area contributed by atoms with Crippen molar-refractivity contribution in [1.82, 2.24) is 15.2 Å². The summed E-state index contributed by atoms with van der Waals surface area (Å²) in [5.74, 6) is 0.702. The van der Waals surface area contributed by atoms with Gasteiger partial charge in [-0.1, -0.05) is 28.1 Å². The van der Waals surface area contributed by atoms with Gasteiger partial charge in [0.05, 0.1) is 17.0 Å². The first-order valence-corrected chi connectivity index (χ1v) is 10.0. The van der Waals surface area contributed by atoms with Crippen LogP contribution in [0.3, 0.4) is 0 Å². The number of nitrogens with one attached hydrogen (secondary N) is 1. The molecule has 26 heavy (non-hydrogen) atoms. The van der Waals surface area contributed by atoms with Gasteiger partial charge in [0.2, 0.25) is 0 Å². The van der Waals surface area contributed by atoms with Gasteiger partial charge in [0.25, 0.3) is 5.91 Å². The summed E-state index contributed by atoms with van der Waals surface area (Å²) < 4.78 is 1.02. The second-order valence-electron chi connectivity index (χ2n) is 7.13. The van der Waals surface area contributed by atoms with Gasteiger partial charge >= 0.3 is 0 Å². The first kappa shape index (κ1) is 19.1. The van der Waals surface area contributed by atoms with Crippen molar-refractivity contribution in [1.29, 1.82) is 0 Å². The zero-order chi connectivity index (χ0) is 18.5. The smallest absolute Gasteiger partial charge is 0.253 e. The lowest BCUT2D eigenvalue weighted by atomic mass is 9.94. The van der Waals surface area contributed by atoms with Gasteiger partial charge in [-0.3, -0.25) is 9.78 Å². The maximum atomic E-state index is 12.5. The van der Waals surface area contributed by atoms with Gasteiger partial charge in [-0.25, -0.2) is 0 Å². The van der Waals surface area contributed by atoms with Crippen LogP contribution in [0.2, 0.25) is 0 Å². The molecule has 5 heteroatoms. The van der Waals surface area contributed by atoms with E-state index >= 15 is 0 Å². The van der Waals surface area contributed by atoms with Gasteiger partial charge in [-0.2, -0.15) is 0 Å². The number of hydrogen-bond donors (Lipinski definition) is 1. The molecule has 0 atom stereocenters. The van der Waals surface area contributed by atoms with Crippen molar-refractivity contribution >= 4 is 21.8 Å². The number of hydrogen-bond acceptors (Lipinski definition) is 3. The van der Waals surface area contributed by atoms with E-state index in [9.17, 15) is 4.79 Å². The van der Waals surface area contributed by atoms with Crippen molar-refractivity contribution in [3.8, 4) is 11.3 Å². The van der Waals surface area contributed by atoms with E-state index in [1.165, 1.54) is 25.9 Å². The Bertz CT molecular complexity index is 770. The Morgan fingerprint density at radius 3 is 2.73 bits per heavy atom. The summed E-state index contributed by atoms with van der Waals surface area (Å²) in [6.07, 6.45) is 3.52. The molecular formula is C21H26BrN3O. The van der Waals surface area contributed by atoms with Crippen LogP contribution in [0.15, 0.2) is 40.9 Å². The Balaban J connectivity index is 1.57. The fraction of sp³-hybridized carbons (Fsp3) is 0.429. The summed E-state index contributed by atoms with van der Waals surface area (Å²) in [5, 5.41) is 3.07. The van der Waals surface area contributed by atoms with Gasteiger partial charge in [0.15, 0.2) is 0 Å². The zero-order valence-corrected chi connectivity index (χ0v) is 17.1. The lowest BCUT2D eigenvalue weighted by Crippen LogP contribution is -2.33. The Morgan fingerprint density at radius 1 is 1.27 bits per heavy atom. The highest BCUT2D eigenvalue weighted by Crippen LogP contribution is 2.23. The van der Waals surface area contributed by atoms with E-state index in [0.717, 1.165) is 40.3 Å². The first-order chi connectivity index (χ1) is 12.5. The lowest BCUT2D eigenvalue weighted by molar-refractivity contribution is 0.0948. The highest BCUT2D eigenvalue weighted by molar-refractivity contribution is 9.10. The number of carbonyl (C=O) groups excluding carboxylic acids is 1. The number of piperidine rings is 1.